The summed E-state index contributed by atoms with van der Waals surface area (Å²) in [6.45, 7) is 0.772. The first-order valence-electron chi connectivity index (χ1n) is 3.68. The Morgan fingerprint density at radius 1 is 1.50 bits per heavy atom. The Bertz CT molecular complexity index is 376. The summed E-state index contributed by atoms with van der Waals surface area (Å²) in [7, 11) is 0. The third-order valence-electron chi connectivity index (χ3n) is 1.97. The van der Waals surface area contributed by atoms with Crippen LogP contribution in [0.5, 0.6) is 0 Å². The van der Waals surface area contributed by atoms with E-state index in [0.29, 0.717) is 5.82 Å². The average molecular weight is 162 g/mol. The second kappa shape index (κ2) is 1.88. The molecule has 0 saturated carbocycles. The lowest BCUT2D eigenvalue weighted by Crippen LogP contribution is -2.13. The second-order valence-electron chi connectivity index (χ2n) is 2.66. The molecule has 0 radical (unpaired) electrons. The Kier molecular flexibility index (Phi) is 0.910. The molecule has 0 aromatic carbocycles. The van der Waals surface area contributed by atoms with E-state index in [1.807, 2.05) is 22.9 Å². The third-order valence-corrected chi connectivity index (χ3v) is 1.97. The van der Waals surface area contributed by atoms with E-state index in [0.717, 1.165) is 12.4 Å². The zero-order valence-corrected chi connectivity index (χ0v) is 6.19. The molecule has 5 heteroatoms. The molecule has 0 bridgehead atoms. The van der Waals surface area contributed by atoms with Crippen molar-refractivity contribution in [2.75, 3.05) is 5.32 Å². The summed E-state index contributed by atoms with van der Waals surface area (Å²) in [5.74, 6) is 1.44. The fourth-order valence-electron chi connectivity index (χ4n) is 1.39. The van der Waals surface area contributed by atoms with Gasteiger partial charge in [-0.1, -0.05) is 0 Å². The number of nitrogens with zero attached hydrogens (tertiary/aromatic N) is 3. The van der Waals surface area contributed by atoms with Crippen molar-refractivity contribution in [2.45, 2.75) is 6.54 Å². The molecule has 60 valence electrons. The zero-order valence-electron chi connectivity index (χ0n) is 6.19. The van der Waals surface area contributed by atoms with Gasteiger partial charge in [-0.15, -0.1) is 0 Å². The van der Waals surface area contributed by atoms with Crippen LogP contribution >= 0.6 is 0 Å². The largest absolute Gasteiger partial charge is 0.358 e. The molecule has 0 spiro atoms. The highest BCUT2D eigenvalue weighted by Gasteiger charge is 2.18. The highest BCUT2D eigenvalue weighted by Crippen LogP contribution is 2.23. The second-order valence-corrected chi connectivity index (χ2v) is 2.66. The Balaban J connectivity index is 2.32. The van der Waals surface area contributed by atoms with E-state index in [9.17, 15) is 0 Å². The summed E-state index contributed by atoms with van der Waals surface area (Å²) in [6.07, 6.45) is 1.94. The molecule has 3 rings (SSSR count). The average Bonchev–Trinajstić information content (AvgIpc) is 2.71. The standard InChI is InChI=1S/C7H6N4O/c1-2-5-4-8-6-7(10-12-9-6)11(5)3-1/h1-3H,4H2,(H,8,9). The molecule has 1 aliphatic heterocycles. The number of rotatable bonds is 0. The van der Waals surface area contributed by atoms with Crippen molar-refractivity contribution in [2.24, 2.45) is 0 Å². The molecule has 0 amide bonds. The van der Waals surface area contributed by atoms with E-state index in [1.165, 1.54) is 5.69 Å². The third kappa shape index (κ3) is 0.578. The molecular formula is C7H6N4O. The van der Waals surface area contributed by atoms with E-state index >= 15 is 0 Å². The Morgan fingerprint density at radius 3 is 3.50 bits per heavy atom. The van der Waals surface area contributed by atoms with Crippen molar-refractivity contribution in [1.29, 1.82) is 0 Å². The molecule has 0 aliphatic carbocycles. The summed E-state index contributed by atoms with van der Waals surface area (Å²) in [5.41, 5.74) is 1.17. The lowest BCUT2D eigenvalue weighted by Gasteiger charge is -2.12. The summed E-state index contributed by atoms with van der Waals surface area (Å²) >= 11 is 0. The van der Waals surface area contributed by atoms with Gasteiger partial charge in [0.15, 0.2) is 0 Å². The minimum absolute atomic E-state index is 0.707. The van der Waals surface area contributed by atoms with Crippen LogP contribution in [0.2, 0.25) is 0 Å². The van der Waals surface area contributed by atoms with Gasteiger partial charge in [0.2, 0.25) is 11.6 Å². The van der Waals surface area contributed by atoms with Crippen molar-refractivity contribution in [1.82, 2.24) is 14.9 Å². The Hall–Kier alpha value is -1.78. The van der Waals surface area contributed by atoms with Gasteiger partial charge in [-0.2, -0.15) is 0 Å². The first-order chi connectivity index (χ1) is 5.95. The molecule has 1 aliphatic rings. The maximum atomic E-state index is 4.61. The van der Waals surface area contributed by atoms with Crippen LogP contribution < -0.4 is 5.32 Å². The predicted octanol–water partition coefficient (Wildman–Crippen LogP) is 0.786. The molecule has 0 unspecified atom stereocenters. The molecule has 0 atom stereocenters. The predicted molar refractivity (Wildman–Crippen MR) is 41.0 cm³/mol. The van der Waals surface area contributed by atoms with Gasteiger partial charge in [0.25, 0.3) is 0 Å². The number of fused-ring (bicyclic) bond motifs is 3. The molecule has 12 heavy (non-hydrogen) atoms. The van der Waals surface area contributed by atoms with E-state index in [4.69, 9.17) is 0 Å². The quantitative estimate of drug-likeness (QED) is 0.622. The molecule has 0 fully saturated rings. The number of aromatic nitrogens is 3. The molecule has 2 aromatic rings. The van der Waals surface area contributed by atoms with Gasteiger partial charge in [0.05, 0.1) is 6.54 Å². The van der Waals surface area contributed by atoms with Gasteiger partial charge >= 0.3 is 0 Å². The van der Waals surface area contributed by atoms with E-state index in [-0.39, 0.29) is 0 Å². The molecule has 5 nitrogen and oxygen atoms in total. The Morgan fingerprint density at radius 2 is 2.50 bits per heavy atom. The van der Waals surface area contributed by atoms with E-state index < -0.39 is 0 Å². The van der Waals surface area contributed by atoms with Crippen molar-refractivity contribution < 1.29 is 4.63 Å². The fourth-order valence-corrected chi connectivity index (χ4v) is 1.39. The lowest BCUT2D eigenvalue weighted by atomic mass is 10.3. The molecular weight excluding hydrogens is 156 g/mol. The van der Waals surface area contributed by atoms with Gasteiger partial charge in [0, 0.05) is 11.9 Å². The minimum Gasteiger partial charge on any atom is -0.358 e. The Labute approximate surface area is 68.0 Å². The van der Waals surface area contributed by atoms with Crippen LogP contribution in [0.15, 0.2) is 23.0 Å². The summed E-state index contributed by atoms with van der Waals surface area (Å²) in [6, 6.07) is 4.01. The zero-order chi connectivity index (χ0) is 7.97. The number of nitrogens with one attached hydrogen (secondary N) is 1. The number of hydrogen-bond donors (Lipinski definition) is 1. The summed E-state index contributed by atoms with van der Waals surface area (Å²) in [5, 5.41) is 10.6. The first kappa shape index (κ1) is 5.82. The van der Waals surface area contributed by atoms with Gasteiger partial charge < -0.3 is 5.32 Å². The molecule has 1 N–H and O–H groups in total. The monoisotopic (exact) mass is 162 g/mol. The van der Waals surface area contributed by atoms with Gasteiger partial charge in [-0.05, 0) is 22.4 Å². The van der Waals surface area contributed by atoms with Gasteiger partial charge in [0.1, 0.15) is 0 Å². The van der Waals surface area contributed by atoms with Gasteiger partial charge in [-0.3, -0.25) is 4.57 Å². The van der Waals surface area contributed by atoms with Crippen LogP contribution in [0.4, 0.5) is 5.82 Å². The SMILES string of the molecule is c1cc2n(c1)-c1nonc1NC2. The van der Waals surface area contributed by atoms with E-state index in [1.54, 1.807) is 0 Å². The molecule has 0 saturated heterocycles. The normalized spacial score (nSPS) is 13.3. The minimum atomic E-state index is 0.707. The maximum Gasteiger partial charge on any atom is 0.226 e. The summed E-state index contributed by atoms with van der Waals surface area (Å²) < 4.78 is 6.57. The smallest absolute Gasteiger partial charge is 0.226 e. The first-order valence-corrected chi connectivity index (χ1v) is 3.68. The van der Waals surface area contributed by atoms with Crippen molar-refractivity contribution in [3.63, 3.8) is 0 Å². The lowest BCUT2D eigenvalue weighted by molar-refractivity contribution is 0.308. The van der Waals surface area contributed by atoms with Crippen molar-refractivity contribution in [3.05, 3.63) is 24.0 Å². The number of hydrogen-bond acceptors (Lipinski definition) is 4. The van der Waals surface area contributed by atoms with Crippen LogP contribution in [-0.2, 0) is 6.54 Å². The molecule has 3 heterocycles. The number of anilines is 1. The van der Waals surface area contributed by atoms with Crippen LogP contribution in [0.1, 0.15) is 5.69 Å². The van der Waals surface area contributed by atoms with Crippen LogP contribution in [0.25, 0.3) is 5.82 Å². The highest BCUT2D eigenvalue weighted by atomic mass is 16.6. The highest BCUT2D eigenvalue weighted by molar-refractivity contribution is 5.53. The summed E-state index contributed by atoms with van der Waals surface area (Å²) in [4.78, 5) is 0. The molecule has 2 aromatic heterocycles. The van der Waals surface area contributed by atoms with Crippen molar-refractivity contribution >= 4 is 5.82 Å². The van der Waals surface area contributed by atoms with Crippen LogP contribution in [0.3, 0.4) is 0 Å². The maximum absolute atomic E-state index is 4.61. The van der Waals surface area contributed by atoms with Crippen molar-refractivity contribution in [3.8, 4) is 5.82 Å². The topological polar surface area (TPSA) is 55.9 Å². The van der Waals surface area contributed by atoms with E-state index in [2.05, 4.69) is 20.3 Å². The van der Waals surface area contributed by atoms with Crippen LogP contribution in [-0.4, -0.2) is 14.9 Å². The fraction of sp³-hybridized carbons (Fsp3) is 0.143. The van der Waals surface area contributed by atoms with Crippen LogP contribution in [0, 0.1) is 0 Å². The van der Waals surface area contributed by atoms with Gasteiger partial charge in [-0.25, -0.2) is 4.63 Å².